The van der Waals surface area contributed by atoms with Gasteiger partial charge in [0.1, 0.15) is 0 Å². The molecule has 2 rings (SSSR count). The summed E-state index contributed by atoms with van der Waals surface area (Å²) in [6.45, 7) is 2.17. The van der Waals surface area contributed by atoms with Crippen LogP contribution in [0.4, 0.5) is 0 Å². The molecule has 0 atom stereocenters. The Morgan fingerprint density at radius 1 is 0.850 bits per heavy atom. The topological polar surface area (TPSA) is 23.8 Å². The number of nitrogens with zero attached hydrogens (tertiary/aromatic N) is 1. The van der Waals surface area contributed by atoms with E-state index in [1.54, 1.807) is 0 Å². The molecule has 0 aromatic heterocycles. The summed E-state index contributed by atoms with van der Waals surface area (Å²) in [5.74, 6) is 0. The second kappa shape index (κ2) is 7.31. The van der Waals surface area contributed by atoms with Gasteiger partial charge in [-0.15, -0.1) is 0 Å². The van der Waals surface area contributed by atoms with Crippen LogP contribution in [0.25, 0.3) is 0 Å². The summed E-state index contributed by atoms with van der Waals surface area (Å²) < 4.78 is 0. The van der Waals surface area contributed by atoms with Crippen LogP contribution in [0.5, 0.6) is 0 Å². The molecule has 2 aliphatic carbocycles. The van der Waals surface area contributed by atoms with E-state index in [2.05, 4.69) is 37.3 Å². The average molecular weight is 261 g/mol. The maximum absolute atomic E-state index is 9.32. The van der Waals surface area contributed by atoms with Crippen LogP contribution < -0.4 is 0 Å². The number of rotatable bonds is 4. The number of allylic oxidation sites excluding steroid dienone is 14. The fraction of sp³-hybridized carbons (Fsp3) is 0.211. The largest absolute Gasteiger partial charge is 0.193 e. The molecule has 1 heteroatoms. The molecule has 0 aliphatic heterocycles. The predicted molar refractivity (Wildman–Crippen MR) is 84.9 cm³/mol. The Bertz CT molecular complexity index is 579. The van der Waals surface area contributed by atoms with E-state index in [1.807, 2.05) is 36.5 Å². The third-order valence-corrected chi connectivity index (χ3v) is 3.50. The minimum absolute atomic E-state index is 0.832. The minimum Gasteiger partial charge on any atom is -0.193 e. The maximum atomic E-state index is 9.32. The molecule has 100 valence electrons. The second-order valence-electron chi connectivity index (χ2n) is 4.96. The van der Waals surface area contributed by atoms with E-state index in [-0.39, 0.29) is 0 Å². The molecule has 0 bridgehead atoms. The van der Waals surface area contributed by atoms with Crippen LogP contribution in [-0.4, -0.2) is 0 Å². The van der Waals surface area contributed by atoms with Crippen molar-refractivity contribution in [2.75, 3.05) is 0 Å². The van der Waals surface area contributed by atoms with E-state index in [9.17, 15) is 5.26 Å². The van der Waals surface area contributed by atoms with Crippen LogP contribution >= 0.6 is 0 Å². The van der Waals surface area contributed by atoms with Gasteiger partial charge in [0.2, 0.25) is 0 Å². The van der Waals surface area contributed by atoms with Crippen LogP contribution in [0.15, 0.2) is 83.1 Å². The van der Waals surface area contributed by atoms with Crippen molar-refractivity contribution in [1.29, 1.82) is 5.26 Å². The van der Waals surface area contributed by atoms with Crippen molar-refractivity contribution in [3.8, 4) is 6.07 Å². The van der Waals surface area contributed by atoms with Gasteiger partial charge in [-0.25, -0.2) is 0 Å². The first-order chi connectivity index (χ1) is 9.81. The van der Waals surface area contributed by atoms with E-state index in [1.165, 1.54) is 11.1 Å². The maximum Gasteiger partial charge on any atom is 0.0953 e. The molecule has 0 amide bonds. The molecule has 2 aliphatic rings. The Morgan fingerprint density at radius 2 is 1.40 bits per heavy atom. The first-order valence-electron chi connectivity index (χ1n) is 7.00. The molecule has 0 aromatic rings. The van der Waals surface area contributed by atoms with Gasteiger partial charge in [-0.1, -0.05) is 66.3 Å². The lowest BCUT2D eigenvalue weighted by Crippen LogP contribution is -1.88. The molecular formula is C19H19N. The van der Waals surface area contributed by atoms with Crippen molar-refractivity contribution in [3.63, 3.8) is 0 Å². The fourth-order valence-electron chi connectivity index (χ4n) is 2.30. The fourth-order valence-corrected chi connectivity index (χ4v) is 2.30. The first kappa shape index (κ1) is 14.1. The van der Waals surface area contributed by atoms with Gasteiger partial charge in [0.25, 0.3) is 0 Å². The molecule has 0 aromatic carbocycles. The first-order valence-corrected chi connectivity index (χ1v) is 7.00. The predicted octanol–water partition coefficient (Wildman–Crippen LogP) is 5.10. The highest BCUT2D eigenvalue weighted by Gasteiger charge is 2.04. The molecule has 0 unspecified atom stereocenters. The third-order valence-electron chi connectivity index (χ3n) is 3.50. The number of nitriles is 1. The Kier molecular flexibility index (Phi) is 5.15. The van der Waals surface area contributed by atoms with Crippen LogP contribution in [-0.2, 0) is 0 Å². The normalized spacial score (nSPS) is 15.6. The van der Waals surface area contributed by atoms with E-state index < -0.39 is 0 Å². The summed E-state index contributed by atoms with van der Waals surface area (Å²) in [4.78, 5) is 0. The highest BCUT2D eigenvalue weighted by atomic mass is 14.3. The number of hydrogen-bond donors (Lipinski definition) is 0. The standard InChI is InChI=1S/C19H19N/c1-16(17-10-6-7-11-17)9-8-14-19(15-20)18-12-4-2-3-5-13-18/h2-7,10-13H,8-9,14H2,1H3. The summed E-state index contributed by atoms with van der Waals surface area (Å²) in [5, 5.41) is 9.32. The Balaban J connectivity index is 1.97. The van der Waals surface area contributed by atoms with Crippen LogP contribution in [0.1, 0.15) is 26.2 Å². The summed E-state index contributed by atoms with van der Waals surface area (Å²) in [7, 11) is 0. The zero-order valence-corrected chi connectivity index (χ0v) is 11.8. The molecule has 20 heavy (non-hydrogen) atoms. The SMILES string of the molecule is CC(CCCC(C#N)=C1C=CC=CC=C1)=C1C=CC=C1. The summed E-state index contributed by atoms with van der Waals surface area (Å²) >= 11 is 0. The molecule has 0 saturated carbocycles. The highest BCUT2D eigenvalue weighted by molar-refractivity contribution is 5.46. The van der Waals surface area contributed by atoms with Crippen molar-refractivity contribution in [3.05, 3.63) is 83.1 Å². The molecule has 0 saturated heterocycles. The Labute approximate surface area is 121 Å². The zero-order valence-electron chi connectivity index (χ0n) is 11.8. The zero-order chi connectivity index (χ0) is 14.2. The molecule has 0 heterocycles. The number of hydrogen-bond acceptors (Lipinski definition) is 1. The van der Waals surface area contributed by atoms with Gasteiger partial charge in [0.15, 0.2) is 0 Å². The van der Waals surface area contributed by atoms with Gasteiger partial charge in [0, 0.05) is 5.57 Å². The second-order valence-corrected chi connectivity index (χ2v) is 4.96. The van der Waals surface area contributed by atoms with Crippen molar-refractivity contribution < 1.29 is 0 Å². The van der Waals surface area contributed by atoms with E-state index in [0.717, 1.165) is 30.4 Å². The van der Waals surface area contributed by atoms with Crippen molar-refractivity contribution >= 4 is 0 Å². The lowest BCUT2D eigenvalue weighted by Gasteiger charge is -2.05. The lowest BCUT2D eigenvalue weighted by atomic mass is 9.99. The van der Waals surface area contributed by atoms with E-state index in [0.29, 0.717) is 0 Å². The van der Waals surface area contributed by atoms with Gasteiger partial charge >= 0.3 is 0 Å². The molecular weight excluding hydrogens is 242 g/mol. The molecule has 0 N–H and O–H groups in total. The van der Waals surface area contributed by atoms with Crippen LogP contribution in [0, 0.1) is 11.3 Å². The highest BCUT2D eigenvalue weighted by Crippen LogP contribution is 2.21. The van der Waals surface area contributed by atoms with Gasteiger partial charge < -0.3 is 0 Å². The average Bonchev–Trinajstić information content (AvgIpc) is 2.87. The Morgan fingerprint density at radius 3 is 2.00 bits per heavy atom. The lowest BCUT2D eigenvalue weighted by molar-refractivity contribution is 0.811. The molecule has 1 nitrogen and oxygen atoms in total. The smallest absolute Gasteiger partial charge is 0.0953 e. The van der Waals surface area contributed by atoms with Crippen molar-refractivity contribution in [1.82, 2.24) is 0 Å². The van der Waals surface area contributed by atoms with Crippen LogP contribution in [0.2, 0.25) is 0 Å². The third kappa shape index (κ3) is 3.83. The van der Waals surface area contributed by atoms with Gasteiger partial charge in [-0.2, -0.15) is 5.26 Å². The van der Waals surface area contributed by atoms with Gasteiger partial charge in [0.05, 0.1) is 6.07 Å². The molecule has 0 radical (unpaired) electrons. The van der Waals surface area contributed by atoms with Crippen molar-refractivity contribution in [2.24, 2.45) is 0 Å². The summed E-state index contributed by atoms with van der Waals surface area (Å²) in [6, 6.07) is 2.35. The van der Waals surface area contributed by atoms with Gasteiger partial charge in [-0.3, -0.25) is 0 Å². The quantitative estimate of drug-likeness (QED) is 0.646. The molecule has 0 spiro atoms. The monoisotopic (exact) mass is 261 g/mol. The Hall–Kier alpha value is -2.33. The summed E-state index contributed by atoms with van der Waals surface area (Å²) in [5.41, 5.74) is 4.61. The summed E-state index contributed by atoms with van der Waals surface area (Å²) in [6.07, 6.45) is 23.2. The minimum atomic E-state index is 0.832. The molecule has 0 fully saturated rings. The van der Waals surface area contributed by atoms with Crippen LogP contribution in [0.3, 0.4) is 0 Å². The van der Waals surface area contributed by atoms with Crippen molar-refractivity contribution in [2.45, 2.75) is 26.2 Å². The van der Waals surface area contributed by atoms with E-state index >= 15 is 0 Å². The van der Waals surface area contributed by atoms with E-state index in [4.69, 9.17) is 0 Å². The van der Waals surface area contributed by atoms with Gasteiger partial charge in [-0.05, 0) is 37.3 Å².